The van der Waals surface area contributed by atoms with Gasteiger partial charge >= 0.3 is 0 Å². The number of hydrogen-bond donors (Lipinski definition) is 1. The van der Waals surface area contributed by atoms with Gasteiger partial charge in [0.25, 0.3) is 0 Å². The molecule has 1 aliphatic rings. The molecule has 19 heavy (non-hydrogen) atoms. The van der Waals surface area contributed by atoms with Gasteiger partial charge in [-0.2, -0.15) is 0 Å². The SMILES string of the molecule is CC(C)(C)C1CCN(c2c(N)ccc(F)c2F)CC1. The Bertz CT molecular complexity index is 458. The largest absolute Gasteiger partial charge is 0.397 e. The third-order valence-electron chi connectivity index (χ3n) is 4.14. The number of halogens is 2. The highest BCUT2D eigenvalue weighted by molar-refractivity contribution is 5.68. The van der Waals surface area contributed by atoms with Crippen molar-refractivity contribution < 1.29 is 8.78 Å². The van der Waals surface area contributed by atoms with Crippen LogP contribution in [0.3, 0.4) is 0 Å². The molecule has 0 saturated carbocycles. The van der Waals surface area contributed by atoms with E-state index < -0.39 is 11.6 Å². The molecule has 1 heterocycles. The van der Waals surface area contributed by atoms with Gasteiger partial charge in [0.2, 0.25) is 0 Å². The molecule has 0 aliphatic carbocycles. The molecule has 1 fully saturated rings. The quantitative estimate of drug-likeness (QED) is 0.785. The molecule has 0 atom stereocenters. The van der Waals surface area contributed by atoms with Gasteiger partial charge in [-0.05, 0) is 36.3 Å². The van der Waals surface area contributed by atoms with Crippen molar-refractivity contribution in [2.75, 3.05) is 23.7 Å². The molecule has 1 aromatic carbocycles. The standard InChI is InChI=1S/C15H22F2N2/c1-15(2,3)10-6-8-19(9-7-10)14-12(18)5-4-11(16)13(14)17/h4-5,10H,6-9,18H2,1-3H3. The molecule has 1 aromatic rings. The van der Waals surface area contributed by atoms with E-state index in [1.54, 1.807) is 0 Å². The molecule has 2 rings (SSSR count). The molecule has 1 aliphatic heterocycles. The summed E-state index contributed by atoms with van der Waals surface area (Å²) in [5, 5.41) is 0. The van der Waals surface area contributed by atoms with E-state index in [0.717, 1.165) is 32.0 Å². The second kappa shape index (κ2) is 4.99. The van der Waals surface area contributed by atoms with Gasteiger partial charge in [0.15, 0.2) is 11.6 Å². The first-order chi connectivity index (χ1) is 8.80. The van der Waals surface area contributed by atoms with Crippen LogP contribution >= 0.6 is 0 Å². The summed E-state index contributed by atoms with van der Waals surface area (Å²) >= 11 is 0. The van der Waals surface area contributed by atoms with Crippen molar-refractivity contribution in [1.82, 2.24) is 0 Å². The monoisotopic (exact) mass is 268 g/mol. The Morgan fingerprint density at radius 3 is 2.26 bits per heavy atom. The molecule has 0 radical (unpaired) electrons. The smallest absolute Gasteiger partial charge is 0.184 e. The van der Waals surface area contributed by atoms with Gasteiger partial charge in [-0.1, -0.05) is 20.8 Å². The van der Waals surface area contributed by atoms with Gasteiger partial charge in [-0.15, -0.1) is 0 Å². The van der Waals surface area contributed by atoms with E-state index in [-0.39, 0.29) is 11.1 Å². The van der Waals surface area contributed by atoms with Gasteiger partial charge in [0, 0.05) is 13.1 Å². The number of hydrogen-bond acceptors (Lipinski definition) is 2. The van der Waals surface area contributed by atoms with Gasteiger partial charge in [0.1, 0.15) is 0 Å². The summed E-state index contributed by atoms with van der Waals surface area (Å²) in [6, 6.07) is 2.51. The van der Waals surface area contributed by atoms with Crippen LogP contribution in [0.15, 0.2) is 12.1 Å². The van der Waals surface area contributed by atoms with Crippen molar-refractivity contribution >= 4 is 11.4 Å². The van der Waals surface area contributed by atoms with Gasteiger partial charge in [0.05, 0.1) is 11.4 Å². The molecular formula is C15H22F2N2. The van der Waals surface area contributed by atoms with Crippen LogP contribution < -0.4 is 10.6 Å². The Morgan fingerprint density at radius 1 is 1.16 bits per heavy atom. The van der Waals surface area contributed by atoms with Crippen molar-refractivity contribution in [3.8, 4) is 0 Å². The molecule has 0 aromatic heterocycles. The molecule has 2 N–H and O–H groups in total. The van der Waals surface area contributed by atoms with Crippen LogP contribution in [0.1, 0.15) is 33.6 Å². The summed E-state index contributed by atoms with van der Waals surface area (Å²) in [6.07, 6.45) is 1.97. The zero-order valence-electron chi connectivity index (χ0n) is 11.8. The van der Waals surface area contributed by atoms with E-state index >= 15 is 0 Å². The highest BCUT2D eigenvalue weighted by Crippen LogP contribution is 2.37. The van der Waals surface area contributed by atoms with Crippen LogP contribution in [0.2, 0.25) is 0 Å². The fourth-order valence-corrected chi connectivity index (χ4v) is 2.85. The average Bonchev–Trinajstić information content (AvgIpc) is 2.34. The number of nitrogens with zero attached hydrogens (tertiary/aromatic N) is 1. The first-order valence-corrected chi connectivity index (χ1v) is 6.79. The van der Waals surface area contributed by atoms with Crippen LogP contribution in [-0.4, -0.2) is 13.1 Å². The van der Waals surface area contributed by atoms with Gasteiger partial charge < -0.3 is 10.6 Å². The van der Waals surface area contributed by atoms with Crippen molar-refractivity contribution in [3.05, 3.63) is 23.8 Å². The normalized spacial score (nSPS) is 17.8. The summed E-state index contributed by atoms with van der Waals surface area (Å²) in [5.74, 6) is -1.04. The number of rotatable bonds is 1. The lowest BCUT2D eigenvalue weighted by molar-refractivity contribution is 0.198. The van der Waals surface area contributed by atoms with Gasteiger partial charge in [-0.25, -0.2) is 8.78 Å². The number of anilines is 2. The maximum atomic E-state index is 13.9. The molecular weight excluding hydrogens is 246 g/mol. The molecule has 0 spiro atoms. The molecule has 4 heteroatoms. The Balaban J connectivity index is 2.17. The van der Waals surface area contributed by atoms with Gasteiger partial charge in [-0.3, -0.25) is 0 Å². The van der Waals surface area contributed by atoms with E-state index in [0.29, 0.717) is 11.6 Å². The zero-order chi connectivity index (χ0) is 14.2. The molecule has 0 amide bonds. The summed E-state index contributed by atoms with van der Waals surface area (Å²) in [6.45, 7) is 8.14. The first-order valence-electron chi connectivity index (χ1n) is 6.79. The minimum atomic E-state index is -0.831. The fourth-order valence-electron chi connectivity index (χ4n) is 2.85. The van der Waals surface area contributed by atoms with E-state index in [1.807, 2.05) is 4.90 Å². The zero-order valence-corrected chi connectivity index (χ0v) is 11.8. The first kappa shape index (κ1) is 14.1. The van der Waals surface area contributed by atoms with E-state index in [2.05, 4.69) is 20.8 Å². The third kappa shape index (κ3) is 2.82. The highest BCUT2D eigenvalue weighted by Gasteiger charge is 2.30. The number of nitrogen functional groups attached to an aromatic ring is 1. The minimum absolute atomic E-state index is 0.229. The lowest BCUT2D eigenvalue weighted by atomic mass is 9.75. The maximum Gasteiger partial charge on any atom is 0.184 e. The molecule has 0 bridgehead atoms. The van der Waals surface area contributed by atoms with E-state index in [1.165, 1.54) is 6.07 Å². The van der Waals surface area contributed by atoms with Crippen LogP contribution in [0.5, 0.6) is 0 Å². The lowest BCUT2D eigenvalue weighted by Crippen LogP contribution is -2.38. The maximum absolute atomic E-state index is 13.9. The molecule has 1 saturated heterocycles. The van der Waals surface area contributed by atoms with Crippen LogP contribution in [0.4, 0.5) is 20.2 Å². The van der Waals surface area contributed by atoms with Crippen molar-refractivity contribution in [3.63, 3.8) is 0 Å². The Kier molecular flexibility index (Phi) is 3.70. The molecule has 0 unspecified atom stereocenters. The Morgan fingerprint density at radius 2 is 1.74 bits per heavy atom. The number of piperidine rings is 1. The number of nitrogens with two attached hydrogens (primary N) is 1. The van der Waals surface area contributed by atoms with Crippen molar-refractivity contribution in [1.29, 1.82) is 0 Å². The average molecular weight is 268 g/mol. The minimum Gasteiger partial charge on any atom is -0.397 e. The summed E-state index contributed by atoms with van der Waals surface area (Å²) < 4.78 is 27.2. The Hall–Kier alpha value is -1.32. The summed E-state index contributed by atoms with van der Waals surface area (Å²) in [7, 11) is 0. The van der Waals surface area contributed by atoms with Crippen LogP contribution in [0.25, 0.3) is 0 Å². The number of benzene rings is 1. The van der Waals surface area contributed by atoms with Crippen LogP contribution in [0, 0.1) is 23.0 Å². The summed E-state index contributed by atoms with van der Waals surface area (Å²) in [4.78, 5) is 1.87. The topological polar surface area (TPSA) is 29.3 Å². The van der Waals surface area contributed by atoms with Crippen molar-refractivity contribution in [2.45, 2.75) is 33.6 Å². The second-order valence-corrected chi connectivity index (χ2v) is 6.43. The predicted octanol–water partition coefficient (Wildman–Crippen LogP) is 3.81. The van der Waals surface area contributed by atoms with E-state index in [9.17, 15) is 8.78 Å². The summed E-state index contributed by atoms with van der Waals surface area (Å²) in [5.41, 5.74) is 6.60. The second-order valence-electron chi connectivity index (χ2n) is 6.43. The van der Waals surface area contributed by atoms with E-state index in [4.69, 9.17) is 5.73 Å². The highest BCUT2D eigenvalue weighted by atomic mass is 19.2. The third-order valence-corrected chi connectivity index (χ3v) is 4.14. The van der Waals surface area contributed by atoms with Crippen molar-refractivity contribution in [2.24, 2.45) is 11.3 Å². The predicted molar refractivity (Wildman–Crippen MR) is 75.2 cm³/mol. The molecule has 106 valence electrons. The Labute approximate surface area is 113 Å². The lowest BCUT2D eigenvalue weighted by Gasteiger charge is -2.40. The van der Waals surface area contributed by atoms with Crippen LogP contribution in [-0.2, 0) is 0 Å². The molecule has 2 nitrogen and oxygen atoms in total. The fraction of sp³-hybridized carbons (Fsp3) is 0.600.